The van der Waals surface area contributed by atoms with Gasteiger partial charge >= 0.3 is 0 Å². The van der Waals surface area contributed by atoms with Crippen LogP contribution < -0.4 is 0 Å². The smallest absolute Gasteiger partial charge is 0.159 e. The summed E-state index contributed by atoms with van der Waals surface area (Å²) in [6.45, 7) is 1.48. The Bertz CT molecular complexity index is 594. The third kappa shape index (κ3) is 3.15. The highest BCUT2D eigenvalue weighted by Gasteiger charge is 2.25. The van der Waals surface area contributed by atoms with Crippen molar-refractivity contribution in [1.29, 1.82) is 0 Å². The van der Waals surface area contributed by atoms with Crippen LogP contribution in [0, 0.1) is 17.5 Å². The zero-order valence-electron chi connectivity index (χ0n) is 10.3. The van der Waals surface area contributed by atoms with E-state index in [-0.39, 0.29) is 12.0 Å². The number of benzene rings is 2. The molecule has 4 heteroatoms. The van der Waals surface area contributed by atoms with Crippen molar-refractivity contribution in [3.63, 3.8) is 0 Å². The summed E-state index contributed by atoms with van der Waals surface area (Å²) >= 11 is 0. The molecule has 1 atom stereocenters. The van der Waals surface area contributed by atoms with Gasteiger partial charge in [0.15, 0.2) is 11.6 Å². The summed E-state index contributed by atoms with van der Waals surface area (Å²) in [5, 5.41) is 10.3. The SMILES string of the molecule is CC(O)(Cc1cccc(F)c1)c1ccc(F)c(F)c1. The maximum atomic E-state index is 13.2. The lowest BCUT2D eigenvalue weighted by atomic mass is 9.89. The van der Waals surface area contributed by atoms with Crippen molar-refractivity contribution < 1.29 is 18.3 Å². The van der Waals surface area contributed by atoms with Gasteiger partial charge in [0.25, 0.3) is 0 Å². The van der Waals surface area contributed by atoms with Crippen LogP contribution >= 0.6 is 0 Å². The van der Waals surface area contributed by atoms with Gasteiger partial charge in [-0.05, 0) is 42.3 Å². The largest absolute Gasteiger partial charge is 0.385 e. The van der Waals surface area contributed by atoms with Crippen LogP contribution in [0.1, 0.15) is 18.1 Å². The molecule has 0 aromatic heterocycles. The van der Waals surface area contributed by atoms with Crippen molar-refractivity contribution in [1.82, 2.24) is 0 Å². The van der Waals surface area contributed by atoms with E-state index in [0.29, 0.717) is 5.56 Å². The maximum Gasteiger partial charge on any atom is 0.159 e. The lowest BCUT2D eigenvalue weighted by Gasteiger charge is -2.24. The summed E-state index contributed by atoms with van der Waals surface area (Å²) in [5.74, 6) is -2.39. The molecular formula is C15H13F3O. The average Bonchev–Trinajstić information content (AvgIpc) is 2.32. The van der Waals surface area contributed by atoms with Crippen LogP contribution in [0.2, 0.25) is 0 Å². The predicted molar refractivity (Wildman–Crippen MR) is 66.0 cm³/mol. The standard InChI is InChI=1S/C15H13F3O/c1-15(19,9-10-3-2-4-12(16)7-10)11-5-6-13(17)14(18)8-11/h2-8,19H,9H2,1H3. The Morgan fingerprint density at radius 1 is 1.00 bits per heavy atom. The summed E-state index contributed by atoms with van der Waals surface area (Å²) in [6, 6.07) is 9.03. The fourth-order valence-electron chi connectivity index (χ4n) is 1.98. The average molecular weight is 266 g/mol. The molecule has 1 nitrogen and oxygen atoms in total. The van der Waals surface area contributed by atoms with Gasteiger partial charge in [0, 0.05) is 6.42 Å². The molecule has 0 heterocycles. The first-order chi connectivity index (χ1) is 8.88. The highest BCUT2D eigenvalue weighted by atomic mass is 19.2. The molecule has 0 fully saturated rings. The minimum Gasteiger partial charge on any atom is -0.385 e. The molecule has 0 bridgehead atoms. The highest BCUT2D eigenvalue weighted by molar-refractivity contribution is 5.27. The van der Waals surface area contributed by atoms with Gasteiger partial charge in [-0.2, -0.15) is 0 Å². The Morgan fingerprint density at radius 3 is 2.37 bits per heavy atom. The van der Waals surface area contributed by atoms with Crippen molar-refractivity contribution >= 4 is 0 Å². The Hall–Kier alpha value is -1.81. The molecule has 2 rings (SSSR count). The topological polar surface area (TPSA) is 20.2 Å². The fourth-order valence-corrected chi connectivity index (χ4v) is 1.98. The van der Waals surface area contributed by atoms with Crippen molar-refractivity contribution in [3.8, 4) is 0 Å². The molecule has 1 N–H and O–H groups in total. The minimum atomic E-state index is -1.40. The number of halogens is 3. The van der Waals surface area contributed by atoms with E-state index in [9.17, 15) is 18.3 Å². The Balaban J connectivity index is 2.29. The highest BCUT2D eigenvalue weighted by Crippen LogP contribution is 2.26. The fraction of sp³-hybridized carbons (Fsp3) is 0.200. The quantitative estimate of drug-likeness (QED) is 0.900. The molecule has 0 spiro atoms. The predicted octanol–water partition coefficient (Wildman–Crippen LogP) is 3.55. The third-order valence-electron chi connectivity index (χ3n) is 2.98. The molecule has 100 valence electrons. The van der Waals surface area contributed by atoms with Gasteiger partial charge in [0.1, 0.15) is 5.82 Å². The molecule has 2 aromatic rings. The van der Waals surface area contributed by atoms with Crippen LogP contribution in [0.4, 0.5) is 13.2 Å². The Labute approximate surface area is 109 Å². The molecule has 0 aliphatic carbocycles. The van der Waals surface area contributed by atoms with Crippen LogP contribution in [0.25, 0.3) is 0 Å². The normalized spacial score (nSPS) is 14.2. The summed E-state index contributed by atoms with van der Waals surface area (Å²) < 4.78 is 39.1. The molecular weight excluding hydrogens is 253 g/mol. The van der Waals surface area contributed by atoms with E-state index in [1.807, 2.05) is 0 Å². The number of aliphatic hydroxyl groups is 1. The van der Waals surface area contributed by atoms with Gasteiger partial charge in [-0.1, -0.05) is 18.2 Å². The molecule has 0 amide bonds. The molecule has 0 saturated heterocycles. The molecule has 0 radical (unpaired) electrons. The minimum absolute atomic E-state index is 0.107. The second kappa shape index (κ2) is 5.05. The van der Waals surface area contributed by atoms with Crippen molar-refractivity contribution in [2.75, 3.05) is 0 Å². The van der Waals surface area contributed by atoms with Crippen LogP contribution in [-0.4, -0.2) is 5.11 Å². The monoisotopic (exact) mass is 266 g/mol. The van der Waals surface area contributed by atoms with Gasteiger partial charge in [0.05, 0.1) is 5.60 Å². The van der Waals surface area contributed by atoms with Crippen LogP contribution in [0.3, 0.4) is 0 Å². The number of rotatable bonds is 3. The maximum absolute atomic E-state index is 13.2. The molecule has 19 heavy (non-hydrogen) atoms. The van der Waals surface area contributed by atoms with Crippen molar-refractivity contribution in [2.24, 2.45) is 0 Å². The second-order valence-electron chi connectivity index (χ2n) is 4.71. The zero-order chi connectivity index (χ0) is 14.0. The summed E-state index contributed by atoms with van der Waals surface area (Å²) in [6.07, 6.45) is 0.107. The summed E-state index contributed by atoms with van der Waals surface area (Å²) in [7, 11) is 0. The van der Waals surface area contributed by atoms with E-state index < -0.39 is 23.1 Å². The number of hydrogen-bond acceptors (Lipinski definition) is 1. The summed E-state index contributed by atoms with van der Waals surface area (Å²) in [4.78, 5) is 0. The van der Waals surface area contributed by atoms with E-state index >= 15 is 0 Å². The van der Waals surface area contributed by atoms with Gasteiger partial charge in [-0.15, -0.1) is 0 Å². The van der Waals surface area contributed by atoms with Crippen molar-refractivity contribution in [2.45, 2.75) is 18.9 Å². The first kappa shape index (κ1) is 13.6. The lowest BCUT2D eigenvalue weighted by Crippen LogP contribution is -2.24. The Kier molecular flexibility index (Phi) is 3.62. The molecule has 0 saturated carbocycles. The Morgan fingerprint density at radius 2 is 1.74 bits per heavy atom. The second-order valence-corrected chi connectivity index (χ2v) is 4.71. The molecule has 0 aliphatic rings. The first-order valence-electron chi connectivity index (χ1n) is 5.81. The first-order valence-corrected chi connectivity index (χ1v) is 5.81. The van der Waals surface area contributed by atoms with Crippen LogP contribution in [0.5, 0.6) is 0 Å². The van der Waals surface area contributed by atoms with E-state index in [2.05, 4.69) is 0 Å². The van der Waals surface area contributed by atoms with Gasteiger partial charge in [-0.3, -0.25) is 0 Å². The van der Waals surface area contributed by atoms with E-state index in [1.165, 1.54) is 31.2 Å². The molecule has 0 aliphatic heterocycles. The van der Waals surface area contributed by atoms with E-state index in [0.717, 1.165) is 12.1 Å². The van der Waals surface area contributed by atoms with Gasteiger partial charge in [0.2, 0.25) is 0 Å². The van der Waals surface area contributed by atoms with E-state index in [4.69, 9.17) is 0 Å². The van der Waals surface area contributed by atoms with Gasteiger partial charge < -0.3 is 5.11 Å². The zero-order valence-corrected chi connectivity index (χ0v) is 10.3. The lowest BCUT2D eigenvalue weighted by molar-refractivity contribution is 0.0571. The van der Waals surface area contributed by atoms with Gasteiger partial charge in [-0.25, -0.2) is 13.2 Å². The van der Waals surface area contributed by atoms with Crippen molar-refractivity contribution in [3.05, 3.63) is 71.0 Å². The number of hydrogen-bond donors (Lipinski definition) is 1. The molecule has 2 aromatic carbocycles. The third-order valence-corrected chi connectivity index (χ3v) is 2.98. The van der Waals surface area contributed by atoms with E-state index in [1.54, 1.807) is 6.07 Å². The summed E-state index contributed by atoms with van der Waals surface area (Å²) in [5.41, 5.74) is -0.576. The molecule has 1 unspecified atom stereocenters. The van der Waals surface area contributed by atoms with Crippen LogP contribution in [-0.2, 0) is 12.0 Å². The van der Waals surface area contributed by atoms with Crippen LogP contribution in [0.15, 0.2) is 42.5 Å².